The standard InChI is InChI=1S/C12H16ClNO3/c1-14-4-3-8-7-9-12(17-6-5-16-9)10(13)11(8)15-2/h7,14H,3-6H2,1-2H3. The van der Waals surface area contributed by atoms with Crippen molar-refractivity contribution < 1.29 is 14.2 Å². The Morgan fingerprint density at radius 1 is 1.41 bits per heavy atom. The molecule has 0 saturated carbocycles. The number of benzene rings is 1. The molecule has 4 nitrogen and oxygen atoms in total. The molecule has 0 aromatic heterocycles. The first-order valence-corrected chi connectivity index (χ1v) is 5.95. The summed E-state index contributed by atoms with van der Waals surface area (Å²) in [5.41, 5.74) is 1.02. The second-order valence-electron chi connectivity index (χ2n) is 3.76. The van der Waals surface area contributed by atoms with Gasteiger partial charge in [-0.05, 0) is 26.1 Å². The minimum Gasteiger partial charge on any atom is -0.495 e. The molecule has 1 heterocycles. The smallest absolute Gasteiger partial charge is 0.183 e. The predicted octanol–water partition coefficient (Wildman–Crippen LogP) is 1.88. The number of ether oxygens (including phenoxy) is 3. The molecule has 1 N–H and O–H groups in total. The highest BCUT2D eigenvalue weighted by molar-refractivity contribution is 6.34. The lowest BCUT2D eigenvalue weighted by Crippen LogP contribution is -2.17. The zero-order chi connectivity index (χ0) is 12.3. The summed E-state index contributed by atoms with van der Waals surface area (Å²) >= 11 is 6.26. The number of hydrogen-bond acceptors (Lipinski definition) is 4. The van der Waals surface area contributed by atoms with Gasteiger partial charge in [0.2, 0.25) is 0 Å². The van der Waals surface area contributed by atoms with Crippen molar-refractivity contribution in [3.05, 3.63) is 16.7 Å². The van der Waals surface area contributed by atoms with Crippen LogP contribution in [0, 0.1) is 0 Å². The molecule has 2 rings (SSSR count). The monoisotopic (exact) mass is 257 g/mol. The molecule has 1 aliphatic heterocycles. The predicted molar refractivity (Wildman–Crippen MR) is 66.6 cm³/mol. The molecular formula is C12H16ClNO3. The average Bonchev–Trinajstić information content (AvgIpc) is 2.36. The van der Waals surface area contributed by atoms with E-state index in [0.717, 1.165) is 18.5 Å². The highest BCUT2D eigenvalue weighted by atomic mass is 35.5. The topological polar surface area (TPSA) is 39.7 Å². The van der Waals surface area contributed by atoms with Crippen LogP contribution in [0.2, 0.25) is 5.02 Å². The van der Waals surface area contributed by atoms with Crippen molar-refractivity contribution in [1.29, 1.82) is 0 Å². The normalized spacial score (nSPS) is 13.6. The molecule has 1 aliphatic rings. The van der Waals surface area contributed by atoms with Crippen LogP contribution >= 0.6 is 11.6 Å². The molecule has 0 aliphatic carbocycles. The lowest BCUT2D eigenvalue weighted by Gasteiger charge is -2.22. The minimum atomic E-state index is 0.496. The van der Waals surface area contributed by atoms with Gasteiger partial charge in [-0.3, -0.25) is 0 Å². The van der Waals surface area contributed by atoms with Crippen LogP contribution < -0.4 is 19.5 Å². The largest absolute Gasteiger partial charge is 0.495 e. The van der Waals surface area contributed by atoms with Crippen molar-refractivity contribution in [2.24, 2.45) is 0 Å². The maximum absolute atomic E-state index is 6.26. The van der Waals surface area contributed by atoms with E-state index in [4.69, 9.17) is 25.8 Å². The van der Waals surface area contributed by atoms with E-state index in [9.17, 15) is 0 Å². The van der Waals surface area contributed by atoms with Crippen LogP contribution in [-0.2, 0) is 6.42 Å². The number of methoxy groups -OCH3 is 1. The maximum atomic E-state index is 6.26. The Kier molecular flexibility index (Phi) is 3.97. The van der Waals surface area contributed by atoms with Crippen LogP contribution in [0.1, 0.15) is 5.56 Å². The second kappa shape index (κ2) is 5.47. The third kappa shape index (κ3) is 2.42. The van der Waals surface area contributed by atoms with Gasteiger partial charge in [0.05, 0.1) is 7.11 Å². The number of likely N-dealkylation sites (N-methyl/N-ethyl adjacent to an activating group) is 1. The molecule has 5 heteroatoms. The molecule has 0 fully saturated rings. The van der Waals surface area contributed by atoms with Gasteiger partial charge in [0.1, 0.15) is 24.0 Å². The second-order valence-corrected chi connectivity index (χ2v) is 4.14. The van der Waals surface area contributed by atoms with Gasteiger partial charge in [0.15, 0.2) is 11.5 Å². The van der Waals surface area contributed by atoms with Crippen molar-refractivity contribution >= 4 is 11.6 Å². The van der Waals surface area contributed by atoms with Crippen LogP contribution in [0.15, 0.2) is 6.07 Å². The Morgan fingerprint density at radius 3 is 2.88 bits per heavy atom. The van der Waals surface area contributed by atoms with Gasteiger partial charge in [-0.1, -0.05) is 11.6 Å². The van der Waals surface area contributed by atoms with E-state index in [-0.39, 0.29) is 0 Å². The zero-order valence-corrected chi connectivity index (χ0v) is 10.8. The fourth-order valence-electron chi connectivity index (χ4n) is 1.84. The van der Waals surface area contributed by atoms with Gasteiger partial charge < -0.3 is 19.5 Å². The Hall–Kier alpha value is -1.13. The highest BCUT2D eigenvalue weighted by Crippen LogP contribution is 2.45. The van der Waals surface area contributed by atoms with Crippen molar-refractivity contribution in [3.8, 4) is 17.2 Å². The summed E-state index contributed by atoms with van der Waals surface area (Å²) in [6.07, 6.45) is 0.829. The molecule has 1 aromatic rings. The van der Waals surface area contributed by atoms with E-state index in [2.05, 4.69) is 5.32 Å². The van der Waals surface area contributed by atoms with E-state index >= 15 is 0 Å². The minimum absolute atomic E-state index is 0.496. The molecule has 0 atom stereocenters. The molecule has 17 heavy (non-hydrogen) atoms. The molecule has 0 spiro atoms. The third-order valence-corrected chi connectivity index (χ3v) is 3.00. The molecule has 0 amide bonds. The molecular weight excluding hydrogens is 242 g/mol. The highest BCUT2D eigenvalue weighted by Gasteiger charge is 2.22. The van der Waals surface area contributed by atoms with Crippen LogP contribution in [0.4, 0.5) is 0 Å². The molecule has 94 valence electrons. The Bertz CT molecular complexity index is 409. The van der Waals surface area contributed by atoms with E-state index < -0.39 is 0 Å². The fraction of sp³-hybridized carbons (Fsp3) is 0.500. The number of hydrogen-bond donors (Lipinski definition) is 1. The van der Waals surface area contributed by atoms with Crippen LogP contribution in [-0.4, -0.2) is 33.9 Å². The SMILES string of the molecule is CNCCc1cc2c(c(Cl)c1OC)OCCO2. The van der Waals surface area contributed by atoms with Crippen molar-refractivity contribution in [3.63, 3.8) is 0 Å². The number of fused-ring (bicyclic) bond motifs is 1. The van der Waals surface area contributed by atoms with E-state index in [1.807, 2.05) is 13.1 Å². The van der Waals surface area contributed by atoms with E-state index in [1.54, 1.807) is 7.11 Å². The first-order valence-electron chi connectivity index (χ1n) is 5.57. The van der Waals surface area contributed by atoms with Crippen molar-refractivity contribution in [1.82, 2.24) is 5.32 Å². The molecule has 0 bridgehead atoms. The molecule has 0 saturated heterocycles. The van der Waals surface area contributed by atoms with Gasteiger partial charge in [-0.25, -0.2) is 0 Å². The summed E-state index contributed by atoms with van der Waals surface area (Å²) in [7, 11) is 3.52. The summed E-state index contributed by atoms with van der Waals surface area (Å²) in [4.78, 5) is 0. The van der Waals surface area contributed by atoms with Crippen LogP contribution in [0.25, 0.3) is 0 Å². The average molecular weight is 258 g/mol. The summed E-state index contributed by atoms with van der Waals surface area (Å²) in [6.45, 7) is 1.93. The lowest BCUT2D eigenvalue weighted by molar-refractivity contribution is 0.170. The summed E-state index contributed by atoms with van der Waals surface area (Å²) < 4.78 is 16.4. The Morgan fingerprint density at radius 2 is 2.18 bits per heavy atom. The Balaban J connectivity index is 2.40. The third-order valence-electron chi connectivity index (χ3n) is 2.66. The molecule has 0 radical (unpaired) electrons. The fourth-order valence-corrected chi connectivity index (χ4v) is 2.19. The maximum Gasteiger partial charge on any atom is 0.183 e. The lowest BCUT2D eigenvalue weighted by atomic mass is 10.1. The number of halogens is 1. The summed E-state index contributed by atoms with van der Waals surface area (Å²) in [6, 6.07) is 1.94. The zero-order valence-electron chi connectivity index (χ0n) is 10.0. The summed E-state index contributed by atoms with van der Waals surface area (Å²) in [5, 5.41) is 3.59. The summed E-state index contributed by atoms with van der Waals surface area (Å²) in [5.74, 6) is 1.96. The Labute approximate surface area is 106 Å². The van der Waals surface area contributed by atoms with Gasteiger partial charge in [-0.2, -0.15) is 0 Å². The van der Waals surface area contributed by atoms with E-state index in [0.29, 0.717) is 35.5 Å². The van der Waals surface area contributed by atoms with Crippen molar-refractivity contribution in [2.45, 2.75) is 6.42 Å². The number of rotatable bonds is 4. The van der Waals surface area contributed by atoms with E-state index in [1.165, 1.54) is 0 Å². The van der Waals surface area contributed by atoms with Crippen LogP contribution in [0.5, 0.6) is 17.2 Å². The molecule has 1 aromatic carbocycles. The number of nitrogens with one attached hydrogen (secondary N) is 1. The van der Waals surface area contributed by atoms with Gasteiger partial charge in [0.25, 0.3) is 0 Å². The quantitative estimate of drug-likeness (QED) is 0.894. The van der Waals surface area contributed by atoms with Crippen molar-refractivity contribution in [2.75, 3.05) is 33.9 Å². The van der Waals surface area contributed by atoms with Gasteiger partial charge in [0, 0.05) is 5.56 Å². The van der Waals surface area contributed by atoms with Gasteiger partial charge >= 0.3 is 0 Å². The molecule has 0 unspecified atom stereocenters. The van der Waals surface area contributed by atoms with Crippen LogP contribution in [0.3, 0.4) is 0 Å². The first kappa shape index (κ1) is 12.3. The first-order chi connectivity index (χ1) is 8.27. The van der Waals surface area contributed by atoms with Gasteiger partial charge in [-0.15, -0.1) is 0 Å².